The zero-order valence-electron chi connectivity index (χ0n) is 12.6. The van der Waals surface area contributed by atoms with Crippen LogP contribution in [-0.2, 0) is 18.4 Å². The minimum Gasteiger partial charge on any atom is -0.352 e. The number of amides is 1. The van der Waals surface area contributed by atoms with Gasteiger partial charge in [0.25, 0.3) is 0 Å². The van der Waals surface area contributed by atoms with E-state index in [4.69, 9.17) is 0 Å². The molecule has 2 N–H and O–H groups in total. The van der Waals surface area contributed by atoms with Crippen molar-refractivity contribution in [3.8, 4) is 0 Å². The van der Waals surface area contributed by atoms with Crippen molar-refractivity contribution in [2.24, 2.45) is 7.05 Å². The van der Waals surface area contributed by atoms with Crippen molar-refractivity contribution in [1.82, 2.24) is 20.4 Å². The molecule has 5 nitrogen and oxygen atoms in total. The van der Waals surface area contributed by atoms with Crippen molar-refractivity contribution < 1.29 is 4.79 Å². The lowest BCUT2D eigenvalue weighted by Crippen LogP contribution is -2.40. The second kappa shape index (κ2) is 7.43. The van der Waals surface area contributed by atoms with Crippen molar-refractivity contribution in [3.05, 3.63) is 17.5 Å². The Hall–Kier alpha value is -1.36. The summed E-state index contributed by atoms with van der Waals surface area (Å²) < 4.78 is 1.80. The predicted octanol–water partition coefficient (Wildman–Crippen LogP) is 1.66. The van der Waals surface area contributed by atoms with Crippen molar-refractivity contribution in [3.63, 3.8) is 0 Å². The second-order valence-electron chi connectivity index (χ2n) is 5.77. The summed E-state index contributed by atoms with van der Waals surface area (Å²) in [6.45, 7) is 3.06. The zero-order chi connectivity index (χ0) is 14.4. The van der Waals surface area contributed by atoms with Gasteiger partial charge in [0, 0.05) is 31.4 Å². The van der Waals surface area contributed by atoms with Crippen LogP contribution in [0.2, 0.25) is 0 Å². The number of hydrogen-bond donors (Lipinski definition) is 2. The zero-order valence-corrected chi connectivity index (χ0v) is 12.6. The Balaban J connectivity index is 1.68. The maximum absolute atomic E-state index is 11.9. The number of nitrogens with zero attached hydrogens (tertiary/aromatic N) is 2. The van der Waals surface area contributed by atoms with Crippen LogP contribution in [0.1, 0.15) is 49.8 Å². The summed E-state index contributed by atoms with van der Waals surface area (Å²) >= 11 is 0. The van der Waals surface area contributed by atoms with Gasteiger partial charge < -0.3 is 10.6 Å². The number of aromatic nitrogens is 2. The van der Waals surface area contributed by atoms with E-state index in [1.54, 1.807) is 4.68 Å². The summed E-state index contributed by atoms with van der Waals surface area (Å²) in [6, 6.07) is 0.381. The van der Waals surface area contributed by atoms with Crippen LogP contribution in [0.5, 0.6) is 0 Å². The molecule has 1 fully saturated rings. The van der Waals surface area contributed by atoms with E-state index in [0.29, 0.717) is 19.1 Å². The molecule has 0 aromatic carbocycles. The number of hydrogen-bond acceptors (Lipinski definition) is 3. The molecule has 0 spiro atoms. The lowest BCUT2D eigenvalue weighted by atomic mass is 10.1. The Morgan fingerprint density at radius 3 is 2.65 bits per heavy atom. The van der Waals surface area contributed by atoms with Gasteiger partial charge in [0.1, 0.15) is 0 Å². The normalized spacial score (nSPS) is 16.9. The van der Waals surface area contributed by atoms with Crippen molar-refractivity contribution in [2.45, 2.75) is 58.0 Å². The van der Waals surface area contributed by atoms with E-state index in [-0.39, 0.29) is 5.91 Å². The molecule has 0 radical (unpaired) electrons. The molecule has 1 heterocycles. The lowest BCUT2D eigenvalue weighted by Gasteiger charge is -2.16. The Kier molecular flexibility index (Phi) is 5.59. The minimum atomic E-state index is 0.110. The van der Waals surface area contributed by atoms with E-state index in [9.17, 15) is 4.79 Å². The predicted molar refractivity (Wildman–Crippen MR) is 79.3 cm³/mol. The fourth-order valence-corrected chi connectivity index (χ4v) is 2.84. The molecule has 5 heteroatoms. The monoisotopic (exact) mass is 278 g/mol. The highest BCUT2D eigenvalue weighted by atomic mass is 16.1. The first kappa shape index (κ1) is 15.0. The van der Waals surface area contributed by atoms with Crippen LogP contribution in [0.4, 0.5) is 0 Å². The van der Waals surface area contributed by atoms with Gasteiger partial charge in [-0.15, -0.1) is 0 Å². The summed E-state index contributed by atoms with van der Waals surface area (Å²) in [4.78, 5) is 11.9. The van der Waals surface area contributed by atoms with E-state index in [1.165, 1.54) is 25.7 Å². The van der Waals surface area contributed by atoms with E-state index >= 15 is 0 Å². The van der Waals surface area contributed by atoms with Crippen molar-refractivity contribution in [1.29, 1.82) is 0 Å². The smallest absolute Gasteiger partial charge is 0.234 e. The third-order valence-electron chi connectivity index (χ3n) is 3.94. The van der Waals surface area contributed by atoms with E-state index < -0.39 is 0 Å². The molecular formula is C15H26N4O. The van der Waals surface area contributed by atoms with Gasteiger partial charge in [0.2, 0.25) is 5.91 Å². The lowest BCUT2D eigenvalue weighted by molar-refractivity contribution is -0.121. The van der Waals surface area contributed by atoms with Gasteiger partial charge in [-0.3, -0.25) is 9.48 Å². The Morgan fingerprint density at radius 2 is 2.05 bits per heavy atom. The topological polar surface area (TPSA) is 59.0 Å². The molecule has 2 rings (SSSR count). The Labute approximate surface area is 121 Å². The molecule has 0 atom stereocenters. The Morgan fingerprint density at radius 1 is 1.35 bits per heavy atom. The molecule has 0 saturated heterocycles. The van der Waals surface area contributed by atoms with Crippen LogP contribution in [0.3, 0.4) is 0 Å². The largest absolute Gasteiger partial charge is 0.352 e. The summed E-state index contributed by atoms with van der Waals surface area (Å²) in [7, 11) is 1.91. The maximum Gasteiger partial charge on any atom is 0.234 e. The van der Waals surface area contributed by atoms with Gasteiger partial charge in [-0.05, 0) is 19.8 Å². The molecule has 1 aromatic heterocycles. The molecule has 20 heavy (non-hydrogen) atoms. The third kappa shape index (κ3) is 4.63. The van der Waals surface area contributed by atoms with Gasteiger partial charge in [0.15, 0.2) is 0 Å². The standard InChI is InChI=1S/C15H26N4O/c1-12-13(11-19(2)18-12)9-16-10-15(20)17-14-7-5-3-4-6-8-14/h11,14,16H,3-10H2,1-2H3,(H,17,20). The highest BCUT2D eigenvalue weighted by Crippen LogP contribution is 2.16. The first-order valence-corrected chi connectivity index (χ1v) is 7.64. The quantitative estimate of drug-likeness (QED) is 0.805. The van der Waals surface area contributed by atoms with Crippen LogP contribution >= 0.6 is 0 Å². The number of rotatable bonds is 5. The SMILES string of the molecule is Cc1nn(C)cc1CNCC(=O)NC1CCCCCC1. The molecule has 0 aliphatic heterocycles. The fourth-order valence-electron chi connectivity index (χ4n) is 2.84. The van der Waals surface area contributed by atoms with Gasteiger partial charge in [0.05, 0.1) is 12.2 Å². The molecule has 1 aliphatic carbocycles. The maximum atomic E-state index is 11.9. The number of carbonyl (C=O) groups excluding carboxylic acids is 1. The molecular weight excluding hydrogens is 252 g/mol. The fraction of sp³-hybridized carbons (Fsp3) is 0.733. The van der Waals surface area contributed by atoms with E-state index in [0.717, 1.165) is 24.1 Å². The molecule has 0 bridgehead atoms. The van der Waals surface area contributed by atoms with Crippen molar-refractivity contribution in [2.75, 3.05) is 6.54 Å². The third-order valence-corrected chi connectivity index (χ3v) is 3.94. The highest BCUT2D eigenvalue weighted by Gasteiger charge is 2.14. The number of carbonyl (C=O) groups is 1. The van der Waals surface area contributed by atoms with Crippen LogP contribution in [0.25, 0.3) is 0 Å². The molecule has 1 aliphatic rings. The van der Waals surface area contributed by atoms with E-state index in [2.05, 4.69) is 15.7 Å². The van der Waals surface area contributed by atoms with E-state index in [1.807, 2.05) is 20.2 Å². The van der Waals surface area contributed by atoms with Crippen LogP contribution < -0.4 is 10.6 Å². The molecule has 112 valence electrons. The van der Waals surface area contributed by atoms with Crippen LogP contribution in [0, 0.1) is 6.92 Å². The average Bonchev–Trinajstić information content (AvgIpc) is 2.61. The molecule has 0 unspecified atom stereocenters. The molecule has 1 amide bonds. The number of aryl methyl sites for hydroxylation is 2. The first-order chi connectivity index (χ1) is 9.65. The van der Waals surface area contributed by atoms with Gasteiger partial charge in [-0.1, -0.05) is 25.7 Å². The minimum absolute atomic E-state index is 0.110. The highest BCUT2D eigenvalue weighted by molar-refractivity contribution is 5.78. The van der Waals surface area contributed by atoms with Gasteiger partial charge in [-0.25, -0.2) is 0 Å². The summed E-state index contributed by atoms with van der Waals surface area (Å²) in [5, 5.41) is 10.6. The van der Waals surface area contributed by atoms with Gasteiger partial charge in [-0.2, -0.15) is 5.10 Å². The summed E-state index contributed by atoms with van der Waals surface area (Å²) in [5.74, 6) is 0.110. The van der Waals surface area contributed by atoms with Crippen LogP contribution in [0.15, 0.2) is 6.20 Å². The number of nitrogens with one attached hydrogen (secondary N) is 2. The average molecular weight is 278 g/mol. The molecule has 1 saturated carbocycles. The Bertz CT molecular complexity index is 433. The summed E-state index contributed by atoms with van der Waals surface area (Å²) in [6.07, 6.45) is 9.36. The van der Waals surface area contributed by atoms with Crippen molar-refractivity contribution >= 4 is 5.91 Å². The first-order valence-electron chi connectivity index (χ1n) is 7.64. The van der Waals surface area contributed by atoms with Gasteiger partial charge >= 0.3 is 0 Å². The van der Waals surface area contributed by atoms with Crippen LogP contribution in [-0.4, -0.2) is 28.3 Å². The summed E-state index contributed by atoms with van der Waals surface area (Å²) in [5.41, 5.74) is 2.17. The second-order valence-corrected chi connectivity index (χ2v) is 5.77. The molecule has 1 aromatic rings.